The highest BCUT2D eigenvalue weighted by molar-refractivity contribution is 7.84. The zero-order valence-electron chi connectivity index (χ0n) is 18.0. The van der Waals surface area contributed by atoms with Crippen LogP contribution in [0.5, 0.6) is 5.75 Å². The molecule has 0 radical (unpaired) electrons. The number of amides is 1. The standard InChI is InChI=1S/C20H33FN2O4S/c1-13(12-22-18(24)27-19(3,4)5)26-17-10-9-15(21)11-16(17)14(2)23-28(25)20(6,7)8/h9-11,13-14,23H,12H2,1-8H3,(H,22,24)/t13-,14+,28-/m0/s1. The molecule has 2 N–H and O–H groups in total. The molecule has 0 fully saturated rings. The lowest BCUT2D eigenvalue weighted by Gasteiger charge is -2.25. The largest absolute Gasteiger partial charge is 0.489 e. The van der Waals surface area contributed by atoms with Crippen LogP contribution in [-0.4, -0.2) is 33.3 Å². The van der Waals surface area contributed by atoms with Gasteiger partial charge in [0, 0.05) is 11.6 Å². The quantitative estimate of drug-likeness (QED) is 0.697. The Hall–Kier alpha value is -1.67. The molecule has 0 aliphatic carbocycles. The summed E-state index contributed by atoms with van der Waals surface area (Å²) in [5, 5.41) is 2.65. The van der Waals surface area contributed by atoms with Crippen molar-refractivity contribution in [1.29, 1.82) is 0 Å². The van der Waals surface area contributed by atoms with Crippen molar-refractivity contribution in [2.45, 2.75) is 77.9 Å². The third-order valence-corrected chi connectivity index (χ3v) is 5.22. The van der Waals surface area contributed by atoms with Crippen molar-refractivity contribution in [3.8, 4) is 5.75 Å². The van der Waals surface area contributed by atoms with E-state index in [4.69, 9.17) is 9.47 Å². The lowest BCUT2D eigenvalue weighted by molar-refractivity contribution is 0.0504. The van der Waals surface area contributed by atoms with E-state index in [0.29, 0.717) is 11.3 Å². The summed E-state index contributed by atoms with van der Waals surface area (Å²) < 4.78 is 39.8. The Bertz CT molecular complexity index is 698. The minimum absolute atomic E-state index is 0.224. The van der Waals surface area contributed by atoms with Gasteiger partial charge >= 0.3 is 6.09 Å². The van der Waals surface area contributed by atoms with Crippen molar-refractivity contribution >= 4 is 17.1 Å². The highest BCUT2D eigenvalue weighted by Gasteiger charge is 2.24. The number of alkyl carbamates (subject to hydrolysis) is 1. The number of ether oxygens (including phenoxy) is 2. The van der Waals surface area contributed by atoms with Gasteiger partial charge < -0.3 is 14.8 Å². The van der Waals surface area contributed by atoms with Gasteiger partial charge in [-0.05, 0) is 73.6 Å². The van der Waals surface area contributed by atoms with Gasteiger partial charge in [0.15, 0.2) is 0 Å². The fourth-order valence-electron chi connectivity index (χ4n) is 2.17. The summed E-state index contributed by atoms with van der Waals surface area (Å²) in [5.41, 5.74) is -0.0241. The second-order valence-electron chi connectivity index (χ2n) is 8.71. The van der Waals surface area contributed by atoms with Crippen molar-refractivity contribution in [1.82, 2.24) is 10.0 Å². The van der Waals surface area contributed by atoms with Crippen molar-refractivity contribution in [2.24, 2.45) is 0 Å². The van der Waals surface area contributed by atoms with E-state index in [-0.39, 0.29) is 12.6 Å². The Balaban J connectivity index is 2.80. The highest BCUT2D eigenvalue weighted by atomic mass is 32.2. The molecule has 1 aromatic rings. The molecule has 0 aliphatic rings. The van der Waals surface area contributed by atoms with Crippen LogP contribution < -0.4 is 14.8 Å². The fourth-order valence-corrected chi connectivity index (χ4v) is 2.97. The van der Waals surface area contributed by atoms with Gasteiger partial charge in [0.25, 0.3) is 0 Å². The van der Waals surface area contributed by atoms with Crippen molar-refractivity contribution in [3.05, 3.63) is 29.6 Å². The molecule has 160 valence electrons. The highest BCUT2D eigenvalue weighted by Crippen LogP contribution is 2.28. The summed E-state index contributed by atoms with van der Waals surface area (Å²) in [5.74, 6) is 0.0582. The lowest BCUT2D eigenvalue weighted by Crippen LogP contribution is -2.38. The lowest BCUT2D eigenvalue weighted by atomic mass is 10.1. The maximum atomic E-state index is 13.8. The van der Waals surface area contributed by atoms with Crippen molar-refractivity contribution < 1.29 is 22.9 Å². The van der Waals surface area contributed by atoms with E-state index in [9.17, 15) is 13.4 Å². The third kappa shape index (κ3) is 8.56. The number of nitrogens with one attached hydrogen (secondary N) is 2. The van der Waals surface area contributed by atoms with Crippen LogP contribution in [0, 0.1) is 5.82 Å². The van der Waals surface area contributed by atoms with E-state index >= 15 is 0 Å². The zero-order chi connectivity index (χ0) is 21.7. The molecule has 0 unspecified atom stereocenters. The second-order valence-corrected chi connectivity index (χ2v) is 10.7. The minimum Gasteiger partial charge on any atom is -0.489 e. The average Bonchev–Trinajstić information content (AvgIpc) is 2.52. The summed E-state index contributed by atoms with van der Waals surface area (Å²) >= 11 is 0. The second kappa shape index (κ2) is 9.69. The number of rotatable bonds is 7. The Morgan fingerprint density at radius 2 is 1.79 bits per heavy atom. The van der Waals surface area contributed by atoms with Gasteiger partial charge in [-0.15, -0.1) is 0 Å². The smallest absolute Gasteiger partial charge is 0.407 e. The first kappa shape index (κ1) is 24.4. The van der Waals surface area contributed by atoms with Crippen LogP contribution in [0.4, 0.5) is 9.18 Å². The molecular formula is C20H33FN2O4S. The number of hydrogen-bond acceptors (Lipinski definition) is 4. The summed E-state index contributed by atoms with van der Waals surface area (Å²) in [4.78, 5) is 11.8. The minimum atomic E-state index is -1.32. The summed E-state index contributed by atoms with van der Waals surface area (Å²) in [7, 11) is -1.32. The van der Waals surface area contributed by atoms with Crippen LogP contribution in [0.25, 0.3) is 0 Å². The predicted octanol–water partition coefficient (Wildman–Crippen LogP) is 4.23. The molecule has 1 aromatic carbocycles. The van der Waals surface area contributed by atoms with Gasteiger partial charge in [-0.2, -0.15) is 0 Å². The van der Waals surface area contributed by atoms with Crippen LogP contribution in [0.2, 0.25) is 0 Å². The number of halogens is 1. The molecule has 1 amide bonds. The van der Waals surface area contributed by atoms with Crippen LogP contribution in [0.3, 0.4) is 0 Å². The molecule has 0 saturated heterocycles. The van der Waals surface area contributed by atoms with Crippen molar-refractivity contribution in [3.63, 3.8) is 0 Å². The van der Waals surface area contributed by atoms with Crippen LogP contribution in [0.1, 0.15) is 67.0 Å². The zero-order valence-corrected chi connectivity index (χ0v) is 18.8. The van der Waals surface area contributed by atoms with E-state index in [1.165, 1.54) is 18.2 Å². The van der Waals surface area contributed by atoms with Gasteiger partial charge in [-0.1, -0.05) is 0 Å². The maximum Gasteiger partial charge on any atom is 0.407 e. The van der Waals surface area contributed by atoms with E-state index in [1.807, 2.05) is 20.8 Å². The van der Waals surface area contributed by atoms with E-state index in [2.05, 4.69) is 10.0 Å². The first-order valence-corrected chi connectivity index (χ1v) is 10.4. The average molecular weight is 417 g/mol. The molecular weight excluding hydrogens is 383 g/mol. The normalized spacial score (nSPS) is 15.5. The molecule has 0 bridgehead atoms. The SMILES string of the molecule is C[C@@H](CNC(=O)OC(C)(C)C)Oc1ccc(F)cc1[C@@H](C)N[S@@](=O)C(C)(C)C. The number of carbonyl (C=O) groups excluding carboxylic acids is 1. The van der Waals surface area contributed by atoms with Crippen LogP contribution >= 0.6 is 0 Å². The number of hydrogen-bond donors (Lipinski definition) is 2. The van der Waals surface area contributed by atoms with Gasteiger partial charge in [0.1, 0.15) is 23.3 Å². The van der Waals surface area contributed by atoms with Gasteiger partial charge in [-0.25, -0.2) is 18.1 Å². The molecule has 0 aromatic heterocycles. The van der Waals surface area contributed by atoms with Gasteiger partial charge in [0.2, 0.25) is 0 Å². The Labute approximate surface area is 170 Å². The molecule has 0 heterocycles. The van der Waals surface area contributed by atoms with Gasteiger partial charge in [0.05, 0.1) is 22.3 Å². The molecule has 0 aliphatic heterocycles. The first-order valence-electron chi connectivity index (χ1n) is 9.30. The third-order valence-electron chi connectivity index (χ3n) is 3.54. The molecule has 3 atom stereocenters. The molecule has 8 heteroatoms. The van der Waals surface area contributed by atoms with Crippen LogP contribution in [0.15, 0.2) is 18.2 Å². The molecule has 28 heavy (non-hydrogen) atoms. The summed E-state index contributed by atoms with van der Waals surface area (Å²) in [6.45, 7) is 14.7. The predicted molar refractivity (Wildman–Crippen MR) is 110 cm³/mol. The van der Waals surface area contributed by atoms with Crippen LogP contribution in [-0.2, 0) is 15.7 Å². The van der Waals surface area contributed by atoms with E-state index < -0.39 is 39.3 Å². The van der Waals surface area contributed by atoms with Crippen molar-refractivity contribution in [2.75, 3.05) is 6.54 Å². The molecule has 0 spiro atoms. The monoisotopic (exact) mass is 416 g/mol. The molecule has 1 rings (SSSR count). The molecule has 6 nitrogen and oxygen atoms in total. The maximum absolute atomic E-state index is 13.8. The molecule has 0 saturated carbocycles. The Morgan fingerprint density at radius 3 is 2.32 bits per heavy atom. The van der Waals surface area contributed by atoms with E-state index in [0.717, 1.165) is 0 Å². The Kier molecular flexibility index (Phi) is 8.44. The topological polar surface area (TPSA) is 76.7 Å². The summed E-state index contributed by atoms with van der Waals surface area (Å²) in [6, 6.07) is 3.81. The first-order chi connectivity index (χ1) is 12.7. The van der Waals surface area contributed by atoms with Gasteiger partial charge in [-0.3, -0.25) is 0 Å². The number of benzene rings is 1. The summed E-state index contributed by atoms with van der Waals surface area (Å²) in [6.07, 6.45) is -0.907. The Morgan fingerprint density at radius 1 is 1.18 bits per heavy atom. The number of carbonyl (C=O) groups is 1. The van der Waals surface area contributed by atoms with E-state index in [1.54, 1.807) is 34.6 Å². The fraction of sp³-hybridized carbons (Fsp3) is 0.650.